The standard InChI is InChI=1S/C15H14N2O3/c1-9-2-3-11-10(8-9)6-7-17(15(11)20)12-4-5-13(18)16-14(12)19/h2-3,6-8,12H,4-5H2,1H3,(H,16,18,19). The van der Waals surface area contributed by atoms with E-state index in [2.05, 4.69) is 5.32 Å². The van der Waals surface area contributed by atoms with Crippen LogP contribution < -0.4 is 10.9 Å². The molecule has 1 aromatic carbocycles. The van der Waals surface area contributed by atoms with Gasteiger partial charge < -0.3 is 4.57 Å². The summed E-state index contributed by atoms with van der Waals surface area (Å²) in [5.41, 5.74) is 0.882. The number of nitrogens with zero attached hydrogens (tertiary/aromatic N) is 1. The number of fused-ring (bicyclic) bond motifs is 1. The van der Waals surface area contributed by atoms with Gasteiger partial charge in [0, 0.05) is 18.0 Å². The highest BCUT2D eigenvalue weighted by molar-refractivity contribution is 5.99. The van der Waals surface area contributed by atoms with E-state index < -0.39 is 11.9 Å². The van der Waals surface area contributed by atoms with Crippen LogP contribution in [0, 0.1) is 6.92 Å². The van der Waals surface area contributed by atoms with Crippen LogP contribution >= 0.6 is 0 Å². The zero-order valence-electron chi connectivity index (χ0n) is 11.1. The van der Waals surface area contributed by atoms with Crippen molar-refractivity contribution < 1.29 is 9.59 Å². The molecule has 5 nitrogen and oxygen atoms in total. The number of hydrogen-bond acceptors (Lipinski definition) is 3. The van der Waals surface area contributed by atoms with E-state index in [0.717, 1.165) is 10.9 Å². The van der Waals surface area contributed by atoms with E-state index in [0.29, 0.717) is 11.8 Å². The van der Waals surface area contributed by atoms with Crippen LogP contribution in [0.4, 0.5) is 0 Å². The van der Waals surface area contributed by atoms with Gasteiger partial charge in [-0.1, -0.05) is 17.7 Å². The molecule has 20 heavy (non-hydrogen) atoms. The van der Waals surface area contributed by atoms with Crippen molar-refractivity contribution in [1.82, 2.24) is 9.88 Å². The number of carbonyl (C=O) groups is 2. The van der Waals surface area contributed by atoms with E-state index in [-0.39, 0.29) is 17.9 Å². The van der Waals surface area contributed by atoms with Crippen molar-refractivity contribution in [3.8, 4) is 0 Å². The maximum Gasteiger partial charge on any atom is 0.259 e. The summed E-state index contributed by atoms with van der Waals surface area (Å²) in [6.07, 6.45) is 2.25. The molecule has 1 N–H and O–H groups in total. The fourth-order valence-corrected chi connectivity index (χ4v) is 2.58. The molecule has 1 aliphatic rings. The van der Waals surface area contributed by atoms with Crippen LogP contribution in [-0.2, 0) is 9.59 Å². The zero-order valence-corrected chi connectivity index (χ0v) is 11.1. The number of pyridine rings is 1. The Labute approximate surface area is 115 Å². The third-order valence-corrected chi connectivity index (χ3v) is 3.63. The Balaban J connectivity index is 2.11. The van der Waals surface area contributed by atoms with Crippen molar-refractivity contribution in [3.63, 3.8) is 0 Å². The predicted octanol–water partition coefficient (Wildman–Crippen LogP) is 1.29. The van der Waals surface area contributed by atoms with Gasteiger partial charge in [0.2, 0.25) is 11.8 Å². The molecule has 2 heterocycles. The van der Waals surface area contributed by atoms with Gasteiger partial charge in [-0.15, -0.1) is 0 Å². The van der Waals surface area contributed by atoms with Crippen molar-refractivity contribution in [2.45, 2.75) is 25.8 Å². The Morgan fingerprint density at radius 3 is 2.75 bits per heavy atom. The monoisotopic (exact) mass is 270 g/mol. The molecule has 0 radical (unpaired) electrons. The number of piperidine rings is 1. The first kappa shape index (κ1) is 12.6. The van der Waals surface area contributed by atoms with Crippen molar-refractivity contribution >= 4 is 22.6 Å². The second kappa shape index (κ2) is 4.59. The maximum atomic E-state index is 12.5. The topological polar surface area (TPSA) is 68.2 Å². The summed E-state index contributed by atoms with van der Waals surface area (Å²) in [6.45, 7) is 1.96. The Kier molecular flexibility index (Phi) is 2.89. The van der Waals surface area contributed by atoms with E-state index in [1.54, 1.807) is 12.3 Å². The molecule has 1 unspecified atom stereocenters. The molecule has 1 aliphatic heterocycles. The molecule has 1 fully saturated rings. The zero-order chi connectivity index (χ0) is 14.3. The smallest absolute Gasteiger partial charge is 0.259 e. The van der Waals surface area contributed by atoms with E-state index in [4.69, 9.17) is 0 Å². The fourth-order valence-electron chi connectivity index (χ4n) is 2.58. The quantitative estimate of drug-likeness (QED) is 0.794. The Bertz CT molecular complexity index is 776. The number of benzene rings is 1. The largest absolute Gasteiger partial charge is 0.302 e. The predicted molar refractivity (Wildman–Crippen MR) is 74.4 cm³/mol. The highest BCUT2D eigenvalue weighted by atomic mass is 16.2. The van der Waals surface area contributed by atoms with Gasteiger partial charge in [-0.2, -0.15) is 0 Å². The molecule has 0 aliphatic carbocycles. The lowest BCUT2D eigenvalue weighted by atomic mass is 10.0. The molecule has 3 rings (SSSR count). The number of carbonyl (C=O) groups excluding carboxylic acids is 2. The highest BCUT2D eigenvalue weighted by Gasteiger charge is 2.28. The molecule has 1 aromatic heterocycles. The molecule has 102 valence electrons. The van der Waals surface area contributed by atoms with E-state index in [1.165, 1.54) is 4.57 Å². The Morgan fingerprint density at radius 1 is 1.20 bits per heavy atom. The van der Waals surface area contributed by atoms with Gasteiger partial charge in [-0.05, 0) is 30.9 Å². The summed E-state index contributed by atoms with van der Waals surface area (Å²) >= 11 is 0. The molecular weight excluding hydrogens is 256 g/mol. The van der Waals surface area contributed by atoms with Crippen LogP contribution in [0.3, 0.4) is 0 Å². The van der Waals surface area contributed by atoms with Gasteiger partial charge >= 0.3 is 0 Å². The first-order valence-corrected chi connectivity index (χ1v) is 6.51. The molecule has 1 atom stereocenters. The number of imide groups is 1. The van der Waals surface area contributed by atoms with Crippen LogP contribution in [-0.4, -0.2) is 16.4 Å². The molecule has 1 saturated heterocycles. The summed E-state index contributed by atoms with van der Waals surface area (Å²) in [4.78, 5) is 35.5. The first-order chi connectivity index (χ1) is 9.56. The van der Waals surface area contributed by atoms with Crippen LogP contribution in [0.1, 0.15) is 24.4 Å². The molecule has 5 heteroatoms. The van der Waals surface area contributed by atoms with Crippen molar-refractivity contribution in [1.29, 1.82) is 0 Å². The summed E-state index contributed by atoms with van der Waals surface area (Å²) in [7, 11) is 0. The van der Waals surface area contributed by atoms with E-state index >= 15 is 0 Å². The number of rotatable bonds is 1. The lowest BCUT2D eigenvalue weighted by Gasteiger charge is -2.23. The average molecular weight is 270 g/mol. The molecule has 0 spiro atoms. The Morgan fingerprint density at radius 2 is 2.00 bits per heavy atom. The SMILES string of the molecule is Cc1ccc2c(=O)n(C3CCC(=O)NC3=O)ccc2c1. The van der Waals surface area contributed by atoms with Crippen molar-refractivity contribution in [2.75, 3.05) is 0 Å². The minimum atomic E-state index is -0.606. The van der Waals surface area contributed by atoms with Crippen LogP contribution in [0.15, 0.2) is 35.3 Å². The van der Waals surface area contributed by atoms with Crippen LogP contribution in [0.2, 0.25) is 0 Å². The van der Waals surface area contributed by atoms with Gasteiger partial charge in [0.25, 0.3) is 5.56 Å². The summed E-state index contributed by atoms with van der Waals surface area (Å²) in [5, 5.41) is 3.72. The number of amides is 2. The third-order valence-electron chi connectivity index (χ3n) is 3.63. The number of hydrogen-bond donors (Lipinski definition) is 1. The van der Waals surface area contributed by atoms with Gasteiger partial charge in [0.1, 0.15) is 6.04 Å². The highest BCUT2D eigenvalue weighted by Crippen LogP contribution is 2.19. The normalized spacial score (nSPS) is 19.1. The lowest BCUT2D eigenvalue weighted by Crippen LogP contribution is -2.44. The van der Waals surface area contributed by atoms with Crippen molar-refractivity contribution in [3.05, 3.63) is 46.4 Å². The van der Waals surface area contributed by atoms with Crippen LogP contribution in [0.25, 0.3) is 10.8 Å². The lowest BCUT2D eigenvalue weighted by molar-refractivity contribution is -0.135. The van der Waals surface area contributed by atoms with Gasteiger partial charge in [0.05, 0.1) is 0 Å². The number of aromatic nitrogens is 1. The van der Waals surface area contributed by atoms with Gasteiger partial charge in [-0.25, -0.2) is 0 Å². The summed E-state index contributed by atoms with van der Waals surface area (Å²) in [5.74, 6) is -0.689. The molecule has 0 bridgehead atoms. The summed E-state index contributed by atoms with van der Waals surface area (Å²) < 4.78 is 1.42. The summed E-state index contributed by atoms with van der Waals surface area (Å²) in [6, 6.07) is 6.80. The Hall–Kier alpha value is -2.43. The maximum absolute atomic E-state index is 12.5. The molecule has 2 aromatic rings. The minimum absolute atomic E-state index is 0.197. The van der Waals surface area contributed by atoms with Crippen LogP contribution in [0.5, 0.6) is 0 Å². The second-order valence-corrected chi connectivity index (χ2v) is 5.09. The molecule has 2 amide bonds. The second-order valence-electron chi connectivity index (χ2n) is 5.09. The van der Waals surface area contributed by atoms with Crippen molar-refractivity contribution in [2.24, 2.45) is 0 Å². The fraction of sp³-hybridized carbons (Fsp3) is 0.267. The van der Waals surface area contributed by atoms with E-state index in [1.807, 2.05) is 25.1 Å². The third kappa shape index (κ3) is 2.01. The average Bonchev–Trinajstić information content (AvgIpc) is 2.40. The van der Waals surface area contributed by atoms with Gasteiger partial charge in [-0.3, -0.25) is 19.7 Å². The molecule has 0 saturated carbocycles. The van der Waals surface area contributed by atoms with Gasteiger partial charge in [0.15, 0.2) is 0 Å². The number of nitrogens with one attached hydrogen (secondary N) is 1. The molecular formula is C15H14N2O3. The first-order valence-electron chi connectivity index (χ1n) is 6.51. The van der Waals surface area contributed by atoms with E-state index in [9.17, 15) is 14.4 Å². The minimum Gasteiger partial charge on any atom is -0.302 e. The number of aryl methyl sites for hydroxylation is 1.